The summed E-state index contributed by atoms with van der Waals surface area (Å²) < 4.78 is 0. The van der Waals surface area contributed by atoms with Crippen molar-refractivity contribution < 1.29 is 9.90 Å². The highest BCUT2D eigenvalue weighted by molar-refractivity contribution is 5.92. The van der Waals surface area contributed by atoms with Gasteiger partial charge in [-0.1, -0.05) is 20.8 Å². The summed E-state index contributed by atoms with van der Waals surface area (Å²) in [6.45, 7) is 13.1. The molecule has 0 rings (SSSR count). The second-order valence-electron chi connectivity index (χ2n) is 6.44. The minimum absolute atomic E-state index is 0.0347. The number of aliphatic hydroxyl groups excluding tert-OH is 1. The summed E-state index contributed by atoms with van der Waals surface area (Å²) in [7, 11) is 0. The topological polar surface area (TPSA) is 49.3 Å². The van der Waals surface area contributed by atoms with Crippen LogP contribution in [0.15, 0.2) is 0 Å². The first-order valence-electron chi connectivity index (χ1n) is 5.37. The van der Waals surface area contributed by atoms with Crippen molar-refractivity contribution in [1.29, 1.82) is 0 Å². The fraction of sp³-hybridized carbons (Fsp3) is 0.917. The van der Waals surface area contributed by atoms with Crippen LogP contribution in [0.4, 0.5) is 0 Å². The lowest BCUT2D eigenvalue weighted by Crippen LogP contribution is -2.61. The number of Topliss-reactive ketones (excluding diaryl/α,β-unsaturated/α-hetero) is 1. The van der Waals surface area contributed by atoms with E-state index in [4.69, 9.17) is 0 Å². The molecule has 0 aromatic carbocycles. The number of ketones is 1. The SMILES string of the molecule is CC(C)(C)NC(C)(CO)C(=O)C(C)(C)C. The van der Waals surface area contributed by atoms with Gasteiger partial charge in [0.1, 0.15) is 0 Å². The fourth-order valence-corrected chi connectivity index (χ4v) is 1.82. The van der Waals surface area contributed by atoms with E-state index in [0.29, 0.717) is 0 Å². The van der Waals surface area contributed by atoms with Gasteiger partial charge in [0.15, 0.2) is 5.78 Å². The van der Waals surface area contributed by atoms with Gasteiger partial charge in [-0.2, -0.15) is 0 Å². The molecule has 15 heavy (non-hydrogen) atoms. The second kappa shape index (κ2) is 4.22. The summed E-state index contributed by atoms with van der Waals surface area (Å²) >= 11 is 0. The first-order chi connectivity index (χ1) is 6.42. The number of nitrogens with one attached hydrogen (secondary N) is 1. The van der Waals surface area contributed by atoms with Crippen LogP contribution >= 0.6 is 0 Å². The van der Waals surface area contributed by atoms with Crippen LogP contribution in [0.2, 0.25) is 0 Å². The molecule has 0 aromatic heterocycles. The minimum atomic E-state index is -0.865. The molecule has 0 aliphatic carbocycles. The average molecular weight is 215 g/mol. The molecule has 0 saturated carbocycles. The van der Waals surface area contributed by atoms with Gasteiger partial charge in [-0.25, -0.2) is 0 Å². The average Bonchev–Trinajstić information content (AvgIpc) is 1.98. The third kappa shape index (κ3) is 4.31. The molecule has 90 valence electrons. The third-order valence-corrected chi connectivity index (χ3v) is 2.15. The van der Waals surface area contributed by atoms with Gasteiger partial charge < -0.3 is 5.11 Å². The molecule has 0 radical (unpaired) electrons. The molecule has 0 heterocycles. The molecule has 3 nitrogen and oxygen atoms in total. The van der Waals surface area contributed by atoms with Crippen LogP contribution in [0.5, 0.6) is 0 Å². The summed E-state index contributed by atoms with van der Waals surface area (Å²) in [4.78, 5) is 12.2. The van der Waals surface area contributed by atoms with E-state index in [1.165, 1.54) is 0 Å². The Kier molecular flexibility index (Phi) is 4.11. The zero-order valence-corrected chi connectivity index (χ0v) is 11.1. The lowest BCUT2D eigenvalue weighted by Gasteiger charge is -2.38. The van der Waals surface area contributed by atoms with Crippen molar-refractivity contribution in [3.05, 3.63) is 0 Å². The van der Waals surface area contributed by atoms with Gasteiger partial charge in [0, 0.05) is 11.0 Å². The van der Waals surface area contributed by atoms with Gasteiger partial charge >= 0.3 is 0 Å². The predicted molar refractivity (Wildman–Crippen MR) is 62.8 cm³/mol. The summed E-state index contributed by atoms with van der Waals surface area (Å²) in [6.07, 6.45) is 0. The number of aliphatic hydroxyl groups is 1. The monoisotopic (exact) mass is 215 g/mol. The van der Waals surface area contributed by atoms with Crippen molar-refractivity contribution >= 4 is 5.78 Å². The molecule has 0 aliphatic heterocycles. The van der Waals surface area contributed by atoms with Gasteiger partial charge in [0.25, 0.3) is 0 Å². The highest BCUT2D eigenvalue weighted by Crippen LogP contribution is 2.24. The summed E-state index contributed by atoms with van der Waals surface area (Å²) in [5.41, 5.74) is -1.51. The Bertz CT molecular complexity index is 235. The summed E-state index contributed by atoms with van der Waals surface area (Å²) in [5.74, 6) is 0.0347. The van der Waals surface area contributed by atoms with E-state index in [1.54, 1.807) is 6.92 Å². The van der Waals surface area contributed by atoms with E-state index in [2.05, 4.69) is 5.32 Å². The van der Waals surface area contributed by atoms with Crippen molar-refractivity contribution in [3.63, 3.8) is 0 Å². The maximum absolute atomic E-state index is 12.2. The van der Waals surface area contributed by atoms with Crippen molar-refractivity contribution in [2.75, 3.05) is 6.61 Å². The Morgan fingerprint density at radius 1 is 1.07 bits per heavy atom. The normalized spacial score (nSPS) is 17.3. The van der Waals surface area contributed by atoms with Gasteiger partial charge in [-0.3, -0.25) is 10.1 Å². The van der Waals surface area contributed by atoms with Crippen LogP contribution in [0.25, 0.3) is 0 Å². The van der Waals surface area contributed by atoms with Gasteiger partial charge in [0.2, 0.25) is 0 Å². The van der Waals surface area contributed by atoms with Crippen LogP contribution in [0.3, 0.4) is 0 Å². The van der Waals surface area contributed by atoms with Crippen LogP contribution in [-0.2, 0) is 4.79 Å². The van der Waals surface area contributed by atoms with E-state index >= 15 is 0 Å². The molecule has 0 bridgehead atoms. The maximum atomic E-state index is 12.2. The van der Waals surface area contributed by atoms with Crippen molar-refractivity contribution in [1.82, 2.24) is 5.32 Å². The Morgan fingerprint density at radius 2 is 1.47 bits per heavy atom. The van der Waals surface area contributed by atoms with Crippen molar-refractivity contribution in [2.24, 2.45) is 5.41 Å². The van der Waals surface area contributed by atoms with E-state index in [1.807, 2.05) is 41.5 Å². The Morgan fingerprint density at radius 3 is 1.67 bits per heavy atom. The predicted octanol–water partition coefficient (Wildman–Crippen LogP) is 1.74. The third-order valence-electron chi connectivity index (χ3n) is 2.15. The van der Waals surface area contributed by atoms with E-state index < -0.39 is 11.0 Å². The number of hydrogen-bond acceptors (Lipinski definition) is 3. The second-order valence-corrected chi connectivity index (χ2v) is 6.44. The molecule has 1 unspecified atom stereocenters. The Hall–Kier alpha value is -0.410. The zero-order chi connectivity index (χ0) is 12.5. The van der Waals surface area contributed by atoms with E-state index in [0.717, 1.165) is 0 Å². The van der Waals surface area contributed by atoms with Crippen LogP contribution < -0.4 is 5.32 Å². The molecule has 2 N–H and O–H groups in total. The molecule has 1 atom stereocenters. The van der Waals surface area contributed by atoms with Crippen LogP contribution in [0.1, 0.15) is 48.5 Å². The highest BCUT2D eigenvalue weighted by Gasteiger charge is 2.41. The first kappa shape index (κ1) is 14.6. The lowest BCUT2D eigenvalue weighted by atomic mass is 9.78. The van der Waals surface area contributed by atoms with Crippen LogP contribution in [0, 0.1) is 5.41 Å². The molecular weight excluding hydrogens is 190 g/mol. The molecule has 0 aliphatic rings. The molecule has 0 fully saturated rings. The summed E-state index contributed by atoms with van der Waals surface area (Å²) in [6, 6.07) is 0. The standard InChI is InChI=1S/C12H25NO2/c1-10(2,3)9(15)12(7,8-14)13-11(4,5)6/h13-14H,8H2,1-7H3. The molecule has 0 spiro atoms. The largest absolute Gasteiger partial charge is 0.394 e. The van der Waals surface area contributed by atoms with E-state index in [9.17, 15) is 9.90 Å². The Labute approximate surface area is 93.3 Å². The van der Waals surface area contributed by atoms with E-state index in [-0.39, 0.29) is 17.9 Å². The maximum Gasteiger partial charge on any atom is 0.160 e. The smallest absolute Gasteiger partial charge is 0.160 e. The molecular formula is C12H25NO2. The minimum Gasteiger partial charge on any atom is -0.394 e. The van der Waals surface area contributed by atoms with Crippen molar-refractivity contribution in [2.45, 2.75) is 59.5 Å². The quantitative estimate of drug-likeness (QED) is 0.754. The fourth-order valence-electron chi connectivity index (χ4n) is 1.82. The molecule has 0 saturated heterocycles. The lowest BCUT2D eigenvalue weighted by molar-refractivity contribution is -0.135. The first-order valence-corrected chi connectivity index (χ1v) is 5.37. The zero-order valence-electron chi connectivity index (χ0n) is 11.1. The molecule has 0 aromatic rings. The Balaban J connectivity index is 4.95. The van der Waals surface area contributed by atoms with Gasteiger partial charge in [-0.05, 0) is 27.7 Å². The van der Waals surface area contributed by atoms with Gasteiger partial charge in [-0.15, -0.1) is 0 Å². The summed E-state index contributed by atoms with van der Waals surface area (Å²) in [5, 5.41) is 12.6. The number of carbonyl (C=O) groups is 1. The van der Waals surface area contributed by atoms with Gasteiger partial charge in [0.05, 0.1) is 12.1 Å². The molecule has 0 amide bonds. The highest BCUT2D eigenvalue weighted by atomic mass is 16.3. The number of carbonyl (C=O) groups excluding carboxylic acids is 1. The van der Waals surface area contributed by atoms with Crippen LogP contribution in [-0.4, -0.2) is 28.6 Å². The number of rotatable bonds is 3. The number of hydrogen-bond donors (Lipinski definition) is 2. The molecule has 3 heteroatoms. The van der Waals surface area contributed by atoms with Crippen molar-refractivity contribution in [3.8, 4) is 0 Å².